The van der Waals surface area contributed by atoms with Crippen LogP contribution in [0.25, 0.3) is 5.57 Å². The lowest BCUT2D eigenvalue weighted by atomic mass is 10.00. The van der Waals surface area contributed by atoms with Gasteiger partial charge in [0.05, 0.1) is 14.2 Å². The van der Waals surface area contributed by atoms with Crippen molar-refractivity contribution in [3.8, 4) is 11.5 Å². The highest BCUT2D eigenvalue weighted by Crippen LogP contribution is 2.35. The van der Waals surface area contributed by atoms with E-state index in [1.54, 1.807) is 14.2 Å². The molecule has 2 nitrogen and oxygen atoms in total. The summed E-state index contributed by atoms with van der Waals surface area (Å²) in [5.41, 5.74) is 4.68. The van der Waals surface area contributed by atoms with Crippen molar-refractivity contribution in [1.82, 2.24) is 0 Å². The van der Waals surface area contributed by atoms with Crippen LogP contribution in [-0.4, -0.2) is 14.2 Å². The maximum Gasteiger partial charge on any atom is 0.163 e. The van der Waals surface area contributed by atoms with E-state index in [4.69, 9.17) is 21.1 Å². The first-order valence-corrected chi connectivity index (χ1v) is 8.81. The van der Waals surface area contributed by atoms with Gasteiger partial charge in [0, 0.05) is 5.03 Å². The second kappa shape index (κ2) is 10.2. The highest BCUT2D eigenvalue weighted by atomic mass is 35.5. The Balaban J connectivity index is 3.22. The normalized spacial score (nSPS) is 13.2. The standard InChI is InChI=1S/C21H29ClO2/c1-7-9-17-13-18(14-20(23-5)21(17)24-6)16(4)10-11-19(22)12-15(3)8-2/h10-14H,7-9H2,1-6H3/b15-12+,16-10+,19-11+. The molecule has 0 bridgehead atoms. The van der Waals surface area contributed by atoms with E-state index in [0.717, 1.165) is 46.9 Å². The second-order valence-corrected chi connectivity index (χ2v) is 6.30. The Morgan fingerprint density at radius 2 is 1.79 bits per heavy atom. The molecule has 0 aliphatic carbocycles. The first kappa shape index (κ1) is 20.4. The predicted octanol–water partition coefficient (Wildman–Crippen LogP) is 6.54. The number of benzene rings is 1. The number of rotatable bonds is 8. The van der Waals surface area contributed by atoms with E-state index in [1.807, 2.05) is 24.3 Å². The summed E-state index contributed by atoms with van der Waals surface area (Å²) in [6, 6.07) is 4.18. The molecule has 0 aliphatic rings. The molecule has 0 atom stereocenters. The molecule has 0 radical (unpaired) electrons. The molecule has 0 heterocycles. The molecule has 24 heavy (non-hydrogen) atoms. The van der Waals surface area contributed by atoms with Crippen LogP contribution in [0.15, 0.2) is 41.0 Å². The zero-order valence-electron chi connectivity index (χ0n) is 15.7. The van der Waals surface area contributed by atoms with Crippen molar-refractivity contribution in [3.63, 3.8) is 0 Å². The number of aryl methyl sites for hydroxylation is 1. The van der Waals surface area contributed by atoms with Crippen LogP contribution < -0.4 is 9.47 Å². The minimum Gasteiger partial charge on any atom is -0.493 e. The molecule has 1 rings (SSSR count). The van der Waals surface area contributed by atoms with Crippen molar-refractivity contribution >= 4 is 17.2 Å². The van der Waals surface area contributed by atoms with E-state index in [-0.39, 0.29) is 0 Å². The Morgan fingerprint density at radius 1 is 1.08 bits per heavy atom. The monoisotopic (exact) mass is 348 g/mol. The first-order chi connectivity index (χ1) is 11.5. The highest BCUT2D eigenvalue weighted by Gasteiger charge is 2.12. The zero-order valence-corrected chi connectivity index (χ0v) is 16.5. The third kappa shape index (κ3) is 5.76. The number of halogens is 1. The van der Waals surface area contributed by atoms with Gasteiger partial charge < -0.3 is 9.47 Å². The Bertz CT molecular complexity index is 639. The zero-order chi connectivity index (χ0) is 18.1. The minimum atomic E-state index is 0.739. The predicted molar refractivity (Wildman–Crippen MR) is 105 cm³/mol. The van der Waals surface area contributed by atoms with E-state index in [1.165, 1.54) is 11.1 Å². The lowest BCUT2D eigenvalue weighted by Gasteiger charge is -2.15. The Labute approximate surface area is 151 Å². The van der Waals surface area contributed by atoms with Gasteiger partial charge in [-0.2, -0.15) is 0 Å². The lowest BCUT2D eigenvalue weighted by Crippen LogP contribution is -1.98. The second-order valence-electron chi connectivity index (χ2n) is 5.87. The van der Waals surface area contributed by atoms with E-state index in [0.29, 0.717) is 0 Å². The molecule has 1 aromatic carbocycles. The van der Waals surface area contributed by atoms with Crippen molar-refractivity contribution in [2.45, 2.75) is 47.0 Å². The molecule has 0 aromatic heterocycles. The highest BCUT2D eigenvalue weighted by molar-refractivity contribution is 6.31. The molecular weight excluding hydrogens is 320 g/mol. The van der Waals surface area contributed by atoms with Gasteiger partial charge in [0.15, 0.2) is 11.5 Å². The first-order valence-electron chi connectivity index (χ1n) is 8.43. The van der Waals surface area contributed by atoms with Gasteiger partial charge in [-0.25, -0.2) is 0 Å². The van der Waals surface area contributed by atoms with Crippen LogP contribution in [0.5, 0.6) is 11.5 Å². The summed E-state index contributed by atoms with van der Waals surface area (Å²) in [7, 11) is 3.36. The van der Waals surface area contributed by atoms with Gasteiger partial charge in [0.1, 0.15) is 0 Å². The topological polar surface area (TPSA) is 18.5 Å². The van der Waals surface area contributed by atoms with E-state index in [2.05, 4.69) is 33.8 Å². The minimum absolute atomic E-state index is 0.739. The average molecular weight is 349 g/mol. The van der Waals surface area contributed by atoms with Crippen molar-refractivity contribution in [1.29, 1.82) is 0 Å². The molecule has 132 valence electrons. The van der Waals surface area contributed by atoms with Crippen LogP contribution in [0.3, 0.4) is 0 Å². The van der Waals surface area contributed by atoms with Gasteiger partial charge in [0.2, 0.25) is 0 Å². The molecule has 0 amide bonds. The molecule has 0 saturated carbocycles. The van der Waals surface area contributed by atoms with Gasteiger partial charge in [-0.1, -0.05) is 43.5 Å². The van der Waals surface area contributed by atoms with Gasteiger partial charge in [-0.05, 0) is 67.7 Å². The summed E-state index contributed by atoms with van der Waals surface area (Å²) in [4.78, 5) is 0. The van der Waals surface area contributed by atoms with E-state index < -0.39 is 0 Å². The lowest BCUT2D eigenvalue weighted by molar-refractivity contribution is 0.351. The van der Waals surface area contributed by atoms with Crippen LogP contribution in [0.1, 0.15) is 51.7 Å². The number of hydrogen-bond acceptors (Lipinski definition) is 2. The smallest absolute Gasteiger partial charge is 0.163 e. The third-order valence-electron chi connectivity index (χ3n) is 3.97. The summed E-state index contributed by atoms with van der Waals surface area (Å²) in [6.45, 7) is 8.44. The molecule has 0 aliphatic heterocycles. The number of allylic oxidation sites excluding steroid dienone is 6. The number of hydrogen-bond donors (Lipinski definition) is 0. The van der Waals surface area contributed by atoms with Crippen LogP contribution >= 0.6 is 11.6 Å². The largest absolute Gasteiger partial charge is 0.493 e. The maximum absolute atomic E-state index is 6.27. The van der Waals surface area contributed by atoms with Gasteiger partial charge in [-0.3, -0.25) is 0 Å². The fourth-order valence-electron chi connectivity index (χ4n) is 2.41. The SMILES string of the molecule is CCCc1cc(/C(C)=C/C=C(Cl)\C=C(/C)CC)cc(OC)c1OC. The summed E-state index contributed by atoms with van der Waals surface area (Å²) >= 11 is 6.27. The molecule has 3 heteroatoms. The van der Waals surface area contributed by atoms with Crippen LogP contribution in [0.2, 0.25) is 0 Å². The number of ether oxygens (including phenoxy) is 2. The fourth-order valence-corrected chi connectivity index (χ4v) is 2.66. The van der Waals surface area contributed by atoms with Gasteiger partial charge >= 0.3 is 0 Å². The van der Waals surface area contributed by atoms with Gasteiger partial charge in [0.25, 0.3) is 0 Å². The van der Waals surface area contributed by atoms with Crippen LogP contribution in [-0.2, 0) is 6.42 Å². The van der Waals surface area contributed by atoms with Crippen molar-refractivity contribution in [2.24, 2.45) is 0 Å². The van der Waals surface area contributed by atoms with E-state index >= 15 is 0 Å². The Morgan fingerprint density at radius 3 is 2.33 bits per heavy atom. The third-order valence-corrected chi connectivity index (χ3v) is 4.20. The molecule has 0 saturated heterocycles. The summed E-state index contributed by atoms with van der Waals surface area (Å²) in [6.07, 6.45) is 8.99. The molecule has 0 unspecified atom stereocenters. The molecule has 0 spiro atoms. The Kier molecular flexibility index (Phi) is 8.70. The Hall–Kier alpha value is -1.67. The van der Waals surface area contributed by atoms with Crippen molar-refractivity contribution in [3.05, 3.63) is 52.1 Å². The van der Waals surface area contributed by atoms with E-state index in [9.17, 15) is 0 Å². The number of methoxy groups -OCH3 is 2. The van der Waals surface area contributed by atoms with Crippen LogP contribution in [0.4, 0.5) is 0 Å². The molecule has 0 N–H and O–H groups in total. The summed E-state index contributed by atoms with van der Waals surface area (Å²) < 4.78 is 11.0. The maximum atomic E-state index is 6.27. The average Bonchev–Trinajstić information content (AvgIpc) is 2.58. The summed E-state index contributed by atoms with van der Waals surface area (Å²) in [5, 5.41) is 0.739. The quantitative estimate of drug-likeness (QED) is 0.496. The van der Waals surface area contributed by atoms with Crippen molar-refractivity contribution in [2.75, 3.05) is 14.2 Å². The van der Waals surface area contributed by atoms with Crippen molar-refractivity contribution < 1.29 is 9.47 Å². The molecule has 1 aromatic rings. The molecule has 0 fully saturated rings. The van der Waals surface area contributed by atoms with Gasteiger partial charge in [-0.15, -0.1) is 0 Å². The van der Waals surface area contributed by atoms with Crippen LogP contribution in [0, 0.1) is 0 Å². The molecular formula is C21H29ClO2. The summed E-state index contributed by atoms with van der Waals surface area (Å²) in [5.74, 6) is 1.59. The fraction of sp³-hybridized carbons (Fsp3) is 0.429.